The number of carbonyl (C=O) groups excluding carboxylic acids is 7. The molecule has 0 atom stereocenters. The third kappa shape index (κ3) is 382. The Balaban J connectivity index is -0.00000000982. The van der Waals surface area contributed by atoms with E-state index in [0.717, 1.165) is 20.3 Å². The summed E-state index contributed by atoms with van der Waals surface area (Å²) in [6, 6.07) is 0. The van der Waals surface area contributed by atoms with E-state index >= 15 is 0 Å². The molecular formula is C28H46Co2INaO13Ru2-4. The van der Waals surface area contributed by atoms with Crippen LogP contribution in [0, 0.1) is 41.5 Å². The van der Waals surface area contributed by atoms with Gasteiger partial charge in [0.1, 0.15) is 0 Å². The van der Waals surface area contributed by atoms with Gasteiger partial charge in [0.15, 0.2) is 0 Å². The van der Waals surface area contributed by atoms with Gasteiger partial charge in [-0.3, -0.25) is 47.5 Å². The van der Waals surface area contributed by atoms with E-state index in [1.54, 1.807) is 0 Å². The van der Waals surface area contributed by atoms with Crippen LogP contribution in [-0.2, 0) is 125 Å². The van der Waals surface area contributed by atoms with Crippen LogP contribution in [0.5, 0.6) is 0 Å². The van der Waals surface area contributed by atoms with Crippen LogP contribution in [0.3, 0.4) is 0 Å². The summed E-state index contributed by atoms with van der Waals surface area (Å²) in [5.41, 5.74) is 0. The van der Waals surface area contributed by atoms with E-state index in [9.17, 15) is 0 Å². The number of halogens is 1. The first kappa shape index (κ1) is 126. The molecule has 0 aromatic rings. The summed E-state index contributed by atoms with van der Waals surface area (Å²) in [7, 11) is 1.00. The predicted octanol–water partition coefficient (Wildman–Crippen LogP) is 1.13. The molecular weight excluding hydrogens is 1010 g/mol. The molecule has 3 rings (SSSR count). The summed E-state index contributed by atoms with van der Waals surface area (Å²) in [5.74, 6) is 0. The average Bonchev–Trinajstić information content (AvgIpc) is 4.01. The van der Waals surface area contributed by atoms with Crippen LogP contribution in [0.15, 0.2) is 0 Å². The van der Waals surface area contributed by atoms with E-state index in [-0.39, 0.29) is 98.9 Å². The molecule has 0 bridgehead atoms. The Kier molecular flexibility index (Phi) is 1070. The number of hydrogen-bond acceptors (Lipinski definition) is 9. The van der Waals surface area contributed by atoms with E-state index in [1.807, 2.05) is 0 Å². The summed E-state index contributed by atoms with van der Waals surface area (Å²) in [5, 5.41) is 7.00. The minimum atomic E-state index is 0. The maximum atomic E-state index is 7.75. The van der Waals surface area contributed by atoms with Crippen molar-refractivity contribution < 1.29 is 161 Å². The molecule has 0 unspecified atom stereocenters. The van der Waals surface area contributed by atoms with Crippen LogP contribution in [0.1, 0.15) is 78.5 Å². The minimum absolute atomic E-state index is 0. The van der Waals surface area contributed by atoms with Crippen LogP contribution in [0.2, 0.25) is 0 Å². The fourth-order valence-corrected chi connectivity index (χ4v) is 2.28. The van der Waals surface area contributed by atoms with Gasteiger partial charge in [-0.25, -0.2) is 0 Å². The molecule has 0 aromatic heterocycles. The number of aliphatic hydroxyl groups is 1. The van der Waals surface area contributed by atoms with Gasteiger partial charge in [0.25, 0.3) is 0 Å². The quantitative estimate of drug-likeness (QED) is 0.120. The van der Waals surface area contributed by atoms with E-state index < -0.39 is 0 Å². The van der Waals surface area contributed by atoms with E-state index in [4.69, 9.17) is 62.0 Å². The molecule has 1 heterocycles. The second-order valence-corrected chi connectivity index (χ2v) is 4.86. The average molecular weight is 1060 g/mol. The fourth-order valence-electron chi connectivity index (χ4n) is 2.28. The van der Waals surface area contributed by atoms with Crippen molar-refractivity contribution >= 4 is 67.3 Å². The van der Waals surface area contributed by atoms with Gasteiger partial charge in [0.05, 0.1) is 0 Å². The zero-order valence-corrected chi connectivity index (χ0v) is 36.8. The van der Waals surface area contributed by atoms with Crippen molar-refractivity contribution in [2.75, 3.05) is 20.3 Å². The number of aliphatic hydroxyl groups excluding tert-OH is 1. The molecule has 19 heteroatoms. The van der Waals surface area contributed by atoms with Crippen LogP contribution in [0.4, 0.5) is 0 Å². The Morgan fingerprint density at radius 1 is 0.468 bits per heavy atom. The van der Waals surface area contributed by atoms with Gasteiger partial charge in [-0.1, -0.05) is 64.2 Å². The second kappa shape index (κ2) is 399. The molecule has 1 N–H and O–H groups in total. The molecule has 0 amide bonds. The van der Waals surface area contributed by atoms with Crippen LogP contribution >= 0.6 is 19.8 Å². The molecule has 2 radical (unpaired) electrons. The van der Waals surface area contributed by atoms with Crippen molar-refractivity contribution in [3.05, 3.63) is 41.5 Å². The maximum absolute atomic E-state index is 7.75. The molecule has 282 valence electrons. The first-order chi connectivity index (χ1) is 20.5. The summed E-state index contributed by atoms with van der Waals surface area (Å²) in [6.07, 6.45) is 17.6. The summed E-state index contributed by atoms with van der Waals surface area (Å²) in [4.78, 5) is 54.2. The number of hydrogen-bond donors (Lipinski definition) is 1. The zero-order chi connectivity index (χ0) is 36.6. The fraction of sp³-hybridized carbons (Fsp3) is 0.536. The normalized spacial score (nSPS) is 8.66. The Labute approximate surface area is 363 Å². The van der Waals surface area contributed by atoms with E-state index in [2.05, 4.69) is 109 Å². The Morgan fingerprint density at radius 3 is 0.596 bits per heavy atom. The van der Waals surface area contributed by atoms with Crippen molar-refractivity contribution in [1.82, 2.24) is 0 Å². The van der Waals surface area contributed by atoms with Crippen LogP contribution < -0.4 is 29.6 Å². The molecule has 1 aliphatic heterocycles. The zero-order valence-electron chi connectivity index (χ0n) is 28.0. The van der Waals surface area contributed by atoms with Gasteiger partial charge >= 0.3 is 129 Å². The Bertz CT molecular complexity index is 306. The van der Waals surface area contributed by atoms with Crippen molar-refractivity contribution in [3.8, 4) is 0 Å². The van der Waals surface area contributed by atoms with Gasteiger partial charge in [-0.2, -0.15) is 0 Å². The second-order valence-electron chi connectivity index (χ2n) is 4.86. The summed E-state index contributed by atoms with van der Waals surface area (Å²) in [6.45, 7) is 42.8. The topological polar surface area (TPSA) is 229 Å². The molecule has 2 saturated carbocycles. The molecule has 1 saturated heterocycles. The Hall–Kier alpha value is 0.560. The molecule has 0 aromatic carbocycles. The van der Waals surface area contributed by atoms with Crippen LogP contribution in [-0.4, -0.2) is 73.0 Å². The molecule has 3 fully saturated rings. The molecule has 13 nitrogen and oxygen atoms in total. The van der Waals surface area contributed by atoms with Crippen LogP contribution in [0.25, 0.3) is 0 Å². The van der Waals surface area contributed by atoms with Crippen molar-refractivity contribution in [3.63, 3.8) is 0 Å². The number of rotatable bonds is 0. The molecule has 3 aliphatic rings. The van der Waals surface area contributed by atoms with Crippen molar-refractivity contribution in [2.45, 2.75) is 77.0 Å². The monoisotopic (exact) mass is 1060 g/mol. The standard InChI is InChI=1S/2C5H10.C4H8O.CH4O.7CHO.4CO.2CH3.2Co.HI.Na.2Ru.H/c3*1-2-4-5-3-1;12*1-2;;;;;;;;;/h2*1-5H2;1-4H2;2H,1H3;7*1H;;;;;2*1H3;;;1H;;;;/q;;;;7*-1;;;;;2*-1;;;;+1;+2;+4;-1/p-1. The third-order valence-electron chi connectivity index (χ3n) is 3.33. The molecule has 2 aliphatic carbocycles. The van der Waals surface area contributed by atoms with Gasteiger partial charge in [-0.05, 0) is 12.8 Å². The van der Waals surface area contributed by atoms with Crippen molar-refractivity contribution in [2.24, 2.45) is 0 Å². The van der Waals surface area contributed by atoms with E-state index in [1.165, 1.54) is 77.0 Å². The molecule has 47 heavy (non-hydrogen) atoms. The Morgan fingerprint density at radius 2 is 0.553 bits per heavy atom. The van der Waals surface area contributed by atoms with Crippen molar-refractivity contribution in [1.29, 1.82) is 0 Å². The SMILES string of the molecule is C1CCCC1.C1CCCC1.C1CCOC1.CO.[C-]#[O+].[C-]#[O+].[C-]#[O+].[C-]#[O+].[CH-]=O.[CH-]=O.[CH-]=O.[CH-]=O.[CH-]=O.[CH-]=O.[CH-]=O.[CH3-].[CH3-].[Co].[Co].[H-].[Na+].[Ru+2].[Ru+3][I]. The van der Waals surface area contributed by atoms with Gasteiger partial charge in [-0.15, -0.1) is 0 Å². The molecule has 0 spiro atoms. The summed E-state index contributed by atoms with van der Waals surface area (Å²) >= 11 is 4.40. The number of ether oxygens (including phenoxy) is 1. The van der Waals surface area contributed by atoms with Gasteiger partial charge in [0.2, 0.25) is 0 Å². The van der Waals surface area contributed by atoms with E-state index in [0.29, 0.717) is 0 Å². The first-order valence-electron chi connectivity index (χ1n) is 10.1. The first-order valence-corrected chi connectivity index (χ1v) is 15.3. The third-order valence-corrected chi connectivity index (χ3v) is 3.33. The summed E-state index contributed by atoms with van der Waals surface area (Å²) < 4.78 is 34.9. The predicted molar refractivity (Wildman–Crippen MR) is 165 cm³/mol. The van der Waals surface area contributed by atoms with Gasteiger partial charge in [0, 0.05) is 53.9 Å². The van der Waals surface area contributed by atoms with Gasteiger partial charge < -0.3 is 59.7 Å².